The van der Waals surface area contributed by atoms with E-state index in [0.29, 0.717) is 0 Å². The van der Waals surface area contributed by atoms with Crippen molar-refractivity contribution in [2.24, 2.45) is 5.92 Å². The Kier molecular flexibility index (Phi) is 9.09. The van der Waals surface area contributed by atoms with E-state index in [1.807, 2.05) is 32.0 Å². The smallest absolute Gasteiger partial charge is 0.414 e. The van der Waals surface area contributed by atoms with Gasteiger partial charge in [-0.05, 0) is 51.4 Å². The summed E-state index contributed by atoms with van der Waals surface area (Å²) in [5, 5.41) is 18.6. The molecule has 1 aliphatic heterocycles. The molecule has 2 rings (SSSR count). The Morgan fingerprint density at radius 2 is 1.69 bits per heavy atom. The van der Waals surface area contributed by atoms with E-state index in [-0.39, 0.29) is 17.9 Å². The topological polar surface area (TPSA) is 107 Å². The number of carbonyl (C=O) groups is 3. The second-order valence-corrected chi connectivity index (χ2v) is 6.82. The molecule has 3 N–H and O–H groups in total. The van der Waals surface area contributed by atoms with E-state index in [2.05, 4.69) is 16.3 Å². The number of hydrogen-bond donors (Lipinski definition) is 3. The highest BCUT2D eigenvalue weighted by Crippen LogP contribution is 2.22. The summed E-state index contributed by atoms with van der Waals surface area (Å²) in [6.45, 7) is 6.80. The number of aliphatic carboxylic acids is 2. The van der Waals surface area contributed by atoms with Gasteiger partial charge in [0.25, 0.3) is 0 Å². The fourth-order valence-electron chi connectivity index (χ4n) is 2.62. The van der Waals surface area contributed by atoms with E-state index in [0.717, 1.165) is 37.5 Å². The lowest BCUT2D eigenvalue weighted by atomic mass is 9.95. The first-order valence-electron chi connectivity index (χ1n) is 8.43. The lowest BCUT2D eigenvalue weighted by Gasteiger charge is -2.31. The van der Waals surface area contributed by atoms with Crippen molar-refractivity contribution in [2.45, 2.75) is 39.3 Å². The number of benzene rings is 1. The predicted octanol–water partition coefficient (Wildman–Crippen LogP) is 2.23. The maximum atomic E-state index is 12.0. The monoisotopic (exact) mass is 384 g/mol. The molecule has 1 aromatic rings. The molecular formula is C18H25ClN2O5. The zero-order valence-electron chi connectivity index (χ0n) is 14.9. The van der Waals surface area contributed by atoms with Crippen molar-refractivity contribution in [1.82, 2.24) is 10.2 Å². The van der Waals surface area contributed by atoms with Gasteiger partial charge in [-0.1, -0.05) is 29.8 Å². The molecule has 1 saturated heterocycles. The molecule has 0 radical (unpaired) electrons. The van der Waals surface area contributed by atoms with Crippen molar-refractivity contribution in [3.8, 4) is 0 Å². The normalized spacial score (nSPS) is 15.1. The van der Waals surface area contributed by atoms with Crippen LogP contribution in [0.2, 0.25) is 5.02 Å². The van der Waals surface area contributed by atoms with Gasteiger partial charge in [-0.25, -0.2) is 9.59 Å². The third kappa shape index (κ3) is 7.84. The van der Waals surface area contributed by atoms with Crippen LogP contribution >= 0.6 is 11.6 Å². The minimum atomic E-state index is -1.82. The van der Waals surface area contributed by atoms with Crippen LogP contribution in [0.5, 0.6) is 0 Å². The molecular weight excluding hydrogens is 360 g/mol. The summed E-state index contributed by atoms with van der Waals surface area (Å²) in [5.41, 5.74) is 1.17. The van der Waals surface area contributed by atoms with Crippen LogP contribution in [0.4, 0.5) is 0 Å². The van der Waals surface area contributed by atoms with Gasteiger partial charge in [0.15, 0.2) is 0 Å². The predicted molar refractivity (Wildman–Crippen MR) is 98.0 cm³/mol. The Labute approximate surface area is 157 Å². The van der Waals surface area contributed by atoms with Crippen molar-refractivity contribution in [1.29, 1.82) is 0 Å². The maximum Gasteiger partial charge on any atom is 0.414 e. The van der Waals surface area contributed by atoms with E-state index < -0.39 is 11.9 Å². The third-order valence-electron chi connectivity index (χ3n) is 3.92. The quantitative estimate of drug-likeness (QED) is 0.687. The van der Waals surface area contributed by atoms with Crippen LogP contribution in [-0.2, 0) is 20.9 Å². The molecule has 1 heterocycles. The molecule has 0 bridgehead atoms. The lowest BCUT2D eigenvalue weighted by molar-refractivity contribution is -0.159. The highest BCUT2D eigenvalue weighted by molar-refractivity contribution is 6.31. The molecule has 0 aromatic heterocycles. The first-order chi connectivity index (χ1) is 12.2. The third-order valence-corrected chi connectivity index (χ3v) is 4.29. The Morgan fingerprint density at radius 3 is 2.15 bits per heavy atom. The van der Waals surface area contributed by atoms with Gasteiger partial charge in [0.05, 0.1) is 0 Å². The number of likely N-dealkylation sites (tertiary alicyclic amines) is 1. The largest absolute Gasteiger partial charge is 0.473 e. The number of carboxylic acids is 2. The SMILES string of the molecule is CC(C)NC(=O)C1CCN(Cc2ccccc2Cl)CC1.O=C(O)C(=O)O. The Morgan fingerprint density at radius 1 is 1.15 bits per heavy atom. The van der Waals surface area contributed by atoms with Crippen molar-refractivity contribution < 1.29 is 24.6 Å². The lowest BCUT2D eigenvalue weighted by Crippen LogP contribution is -2.42. The van der Waals surface area contributed by atoms with Gasteiger partial charge >= 0.3 is 11.9 Å². The van der Waals surface area contributed by atoms with Crippen molar-refractivity contribution in [2.75, 3.05) is 13.1 Å². The Balaban J connectivity index is 0.000000487. The second-order valence-electron chi connectivity index (χ2n) is 6.42. The summed E-state index contributed by atoms with van der Waals surface area (Å²) < 4.78 is 0. The molecule has 0 unspecified atom stereocenters. The molecule has 0 atom stereocenters. The van der Waals surface area contributed by atoms with Gasteiger partial charge in [-0.2, -0.15) is 0 Å². The first-order valence-corrected chi connectivity index (χ1v) is 8.80. The molecule has 7 nitrogen and oxygen atoms in total. The van der Waals surface area contributed by atoms with Crippen LogP contribution in [0.15, 0.2) is 24.3 Å². The summed E-state index contributed by atoms with van der Waals surface area (Å²) >= 11 is 6.19. The number of piperidine rings is 1. The van der Waals surface area contributed by atoms with E-state index >= 15 is 0 Å². The average Bonchev–Trinajstić information content (AvgIpc) is 2.57. The molecule has 1 amide bonds. The standard InChI is InChI=1S/C16H23ClN2O.C2H2O4/c1-12(2)18-16(20)13-7-9-19(10-8-13)11-14-5-3-4-6-15(14)17;3-1(4)2(5)6/h3-6,12-13H,7-11H2,1-2H3,(H,18,20);(H,3,4)(H,5,6). The Hall–Kier alpha value is -2.12. The second kappa shape index (κ2) is 10.8. The molecule has 0 saturated carbocycles. The van der Waals surface area contributed by atoms with Crippen LogP contribution in [0.25, 0.3) is 0 Å². The summed E-state index contributed by atoms with van der Waals surface area (Å²) in [7, 11) is 0. The fraction of sp³-hybridized carbons (Fsp3) is 0.500. The highest BCUT2D eigenvalue weighted by Gasteiger charge is 2.25. The molecule has 1 aliphatic rings. The van der Waals surface area contributed by atoms with Crippen LogP contribution in [0.3, 0.4) is 0 Å². The van der Waals surface area contributed by atoms with E-state index in [1.54, 1.807) is 0 Å². The number of amides is 1. The van der Waals surface area contributed by atoms with E-state index in [9.17, 15) is 4.79 Å². The van der Waals surface area contributed by atoms with E-state index in [4.69, 9.17) is 31.4 Å². The van der Waals surface area contributed by atoms with Crippen LogP contribution < -0.4 is 5.32 Å². The molecule has 0 aliphatic carbocycles. The minimum absolute atomic E-state index is 0.167. The summed E-state index contributed by atoms with van der Waals surface area (Å²) in [6, 6.07) is 8.20. The molecule has 0 spiro atoms. The molecule has 144 valence electrons. The van der Waals surface area contributed by atoms with Crippen molar-refractivity contribution in [3.63, 3.8) is 0 Å². The number of nitrogens with one attached hydrogen (secondary N) is 1. The van der Waals surface area contributed by atoms with Gasteiger partial charge in [-0.3, -0.25) is 9.69 Å². The van der Waals surface area contributed by atoms with Crippen molar-refractivity contribution in [3.05, 3.63) is 34.9 Å². The number of carbonyl (C=O) groups excluding carboxylic acids is 1. The van der Waals surface area contributed by atoms with Gasteiger partial charge in [0.2, 0.25) is 5.91 Å². The first kappa shape index (κ1) is 21.9. The summed E-state index contributed by atoms with van der Waals surface area (Å²) in [5.74, 6) is -3.28. The van der Waals surface area contributed by atoms with E-state index in [1.165, 1.54) is 5.56 Å². The maximum absolute atomic E-state index is 12.0. The fourth-order valence-corrected chi connectivity index (χ4v) is 2.82. The number of hydrogen-bond acceptors (Lipinski definition) is 4. The highest BCUT2D eigenvalue weighted by atomic mass is 35.5. The molecule has 1 aromatic carbocycles. The molecule has 8 heteroatoms. The molecule has 1 fully saturated rings. The Bertz CT molecular complexity index is 616. The number of halogens is 1. The van der Waals surface area contributed by atoms with Crippen LogP contribution in [0.1, 0.15) is 32.3 Å². The zero-order chi connectivity index (χ0) is 19.7. The number of nitrogens with zero attached hydrogens (tertiary/aromatic N) is 1. The average molecular weight is 385 g/mol. The summed E-state index contributed by atoms with van der Waals surface area (Å²) in [4.78, 5) is 32.6. The number of rotatable bonds is 4. The minimum Gasteiger partial charge on any atom is -0.473 e. The van der Waals surface area contributed by atoms with Crippen LogP contribution in [0, 0.1) is 5.92 Å². The van der Waals surface area contributed by atoms with Gasteiger partial charge in [-0.15, -0.1) is 0 Å². The van der Waals surface area contributed by atoms with Gasteiger partial charge in [0.1, 0.15) is 0 Å². The van der Waals surface area contributed by atoms with Gasteiger partial charge < -0.3 is 15.5 Å². The number of carboxylic acid groups (broad SMARTS) is 2. The van der Waals surface area contributed by atoms with Crippen molar-refractivity contribution >= 4 is 29.4 Å². The van der Waals surface area contributed by atoms with Gasteiger partial charge in [0, 0.05) is 23.5 Å². The summed E-state index contributed by atoms with van der Waals surface area (Å²) in [6.07, 6.45) is 1.87. The molecule has 26 heavy (non-hydrogen) atoms. The zero-order valence-corrected chi connectivity index (χ0v) is 15.7. The van der Waals surface area contributed by atoms with Crippen LogP contribution in [-0.4, -0.2) is 52.1 Å².